The number of nitrogens with one attached hydrogen (secondary N) is 1. The number of thioether (sulfide) groups is 2. The first-order chi connectivity index (χ1) is 18.8. The van der Waals surface area contributed by atoms with Gasteiger partial charge < -0.3 is 25.0 Å². The maximum Gasteiger partial charge on any atom is 0.136 e. The lowest BCUT2D eigenvalue weighted by Gasteiger charge is -2.47. The quantitative estimate of drug-likeness (QED) is 0.270. The number of nitrogens with zero attached hydrogens (tertiary/aromatic N) is 1. The number of hydrogen-bond acceptors (Lipinski definition) is 8. The Morgan fingerprint density at radius 2 is 1.56 bits per heavy atom. The summed E-state index contributed by atoms with van der Waals surface area (Å²) in [6.07, 6.45) is -0.491. The minimum absolute atomic E-state index is 0.0876. The van der Waals surface area contributed by atoms with E-state index < -0.39 is 22.1 Å². The highest BCUT2D eigenvalue weighted by Crippen LogP contribution is 2.58. The molecule has 0 bridgehead atoms. The molecule has 1 aliphatic rings. The summed E-state index contributed by atoms with van der Waals surface area (Å²) in [4.78, 5) is 0.414. The number of aliphatic hydroxyl groups excluding tert-OH is 2. The molecule has 0 aromatic heterocycles. The molecule has 0 radical (unpaired) electrons. The average molecular weight is 569 g/mol. The predicted molar refractivity (Wildman–Crippen MR) is 162 cm³/mol. The topological polar surface area (TPSA) is 74.2 Å². The van der Waals surface area contributed by atoms with E-state index in [0.29, 0.717) is 26.1 Å². The number of methoxy groups -OCH3 is 1. The molecule has 1 heterocycles. The molecular formula is C31H40N2O4S2. The third-order valence-electron chi connectivity index (χ3n) is 7.50. The smallest absolute Gasteiger partial charge is 0.136 e. The fourth-order valence-electron chi connectivity index (χ4n) is 5.05. The van der Waals surface area contributed by atoms with Gasteiger partial charge in [0.1, 0.15) is 21.7 Å². The standard InChI is InChI=1S/C31H40N2O4S2/c1-23(34)31(21-24-11-7-5-8-12-24)33(3)29(35)30(32-2,19-20-37-22-25-13-9-6-10-14-25)38-28(39-31)26-15-17-27(36-4)18-16-26/h5-18,23,28-29,32,34-35H,19-22H2,1-4H3/t23?,28?,29?,30-,31?/m0/s1. The van der Waals surface area contributed by atoms with E-state index in [9.17, 15) is 10.2 Å². The molecule has 3 N–H and O–H groups in total. The van der Waals surface area contributed by atoms with Gasteiger partial charge in [-0.3, -0.25) is 4.90 Å². The van der Waals surface area contributed by atoms with Crippen LogP contribution in [0.15, 0.2) is 84.9 Å². The molecule has 0 saturated carbocycles. The second kappa shape index (κ2) is 13.5. The molecule has 4 unspecified atom stereocenters. The summed E-state index contributed by atoms with van der Waals surface area (Å²) in [6, 6.07) is 28.4. The molecule has 5 atom stereocenters. The van der Waals surface area contributed by atoms with Gasteiger partial charge in [0.15, 0.2) is 0 Å². The van der Waals surface area contributed by atoms with Crippen molar-refractivity contribution in [3.8, 4) is 5.75 Å². The molecule has 0 amide bonds. The second-order valence-electron chi connectivity index (χ2n) is 9.94. The summed E-state index contributed by atoms with van der Waals surface area (Å²) < 4.78 is 11.4. The summed E-state index contributed by atoms with van der Waals surface area (Å²) in [5.41, 5.74) is 3.31. The van der Waals surface area contributed by atoms with Gasteiger partial charge in [-0.25, -0.2) is 0 Å². The van der Waals surface area contributed by atoms with Gasteiger partial charge in [-0.1, -0.05) is 72.8 Å². The number of rotatable bonds is 11. The summed E-state index contributed by atoms with van der Waals surface area (Å²) in [5.74, 6) is 0.791. The molecule has 210 valence electrons. The summed E-state index contributed by atoms with van der Waals surface area (Å²) >= 11 is 3.38. The fraction of sp³-hybridized carbons (Fsp3) is 0.419. The van der Waals surface area contributed by atoms with Gasteiger partial charge in [-0.15, -0.1) is 23.5 Å². The Labute approximate surface area is 241 Å². The van der Waals surface area contributed by atoms with E-state index in [0.717, 1.165) is 22.4 Å². The van der Waals surface area contributed by atoms with Crippen molar-refractivity contribution in [2.45, 2.75) is 53.0 Å². The number of benzene rings is 3. The number of likely N-dealkylation sites (N-methyl/N-ethyl adjacent to an activating group) is 2. The van der Waals surface area contributed by atoms with Crippen LogP contribution in [0, 0.1) is 0 Å². The lowest BCUT2D eigenvalue weighted by Crippen LogP contribution is -2.64. The number of hydrogen-bond donors (Lipinski definition) is 3. The molecule has 6 nitrogen and oxygen atoms in total. The van der Waals surface area contributed by atoms with Crippen molar-refractivity contribution in [1.82, 2.24) is 10.2 Å². The minimum Gasteiger partial charge on any atom is -0.497 e. The number of aliphatic hydroxyl groups is 2. The third kappa shape index (κ3) is 6.82. The highest BCUT2D eigenvalue weighted by atomic mass is 32.2. The summed E-state index contributed by atoms with van der Waals surface area (Å²) in [7, 11) is 5.47. The Morgan fingerprint density at radius 3 is 2.13 bits per heavy atom. The molecule has 1 saturated heterocycles. The highest BCUT2D eigenvalue weighted by Gasteiger charge is 2.55. The van der Waals surface area contributed by atoms with Gasteiger partial charge >= 0.3 is 0 Å². The molecule has 0 spiro atoms. The molecular weight excluding hydrogens is 528 g/mol. The molecule has 3 aromatic rings. The van der Waals surface area contributed by atoms with Crippen LogP contribution < -0.4 is 10.1 Å². The Balaban J connectivity index is 1.68. The Kier molecular flexibility index (Phi) is 10.4. The van der Waals surface area contributed by atoms with E-state index in [1.165, 1.54) is 0 Å². The van der Waals surface area contributed by atoms with Gasteiger partial charge in [0, 0.05) is 19.4 Å². The normalized spacial score (nSPS) is 26.6. The zero-order valence-electron chi connectivity index (χ0n) is 23.1. The van der Waals surface area contributed by atoms with E-state index in [-0.39, 0.29) is 4.58 Å². The largest absolute Gasteiger partial charge is 0.497 e. The van der Waals surface area contributed by atoms with Crippen molar-refractivity contribution in [2.75, 3.05) is 27.8 Å². The second-order valence-corrected chi connectivity index (χ2v) is 13.1. The zero-order chi connectivity index (χ0) is 27.9. The maximum atomic E-state index is 12.0. The predicted octanol–water partition coefficient (Wildman–Crippen LogP) is 5.27. The highest BCUT2D eigenvalue weighted by molar-refractivity contribution is 8.17. The molecule has 4 rings (SSSR count). The van der Waals surface area contributed by atoms with Crippen LogP contribution in [0.2, 0.25) is 0 Å². The first-order valence-electron chi connectivity index (χ1n) is 13.3. The van der Waals surface area contributed by atoms with Crippen LogP contribution in [-0.2, 0) is 17.8 Å². The van der Waals surface area contributed by atoms with Gasteiger partial charge in [-0.05, 0) is 49.8 Å². The van der Waals surface area contributed by atoms with Crippen molar-refractivity contribution < 1.29 is 19.7 Å². The van der Waals surface area contributed by atoms with Gasteiger partial charge in [-0.2, -0.15) is 0 Å². The molecule has 8 heteroatoms. The van der Waals surface area contributed by atoms with Gasteiger partial charge in [0.05, 0.1) is 24.4 Å². The summed E-state index contributed by atoms with van der Waals surface area (Å²) in [6.45, 7) is 2.80. The van der Waals surface area contributed by atoms with Crippen molar-refractivity contribution in [3.05, 3.63) is 102 Å². The van der Waals surface area contributed by atoms with E-state index in [2.05, 4.69) is 29.6 Å². The fourth-order valence-corrected chi connectivity index (χ4v) is 8.90. The van der Waals surface area contributed by atoms with Gasteiger partial charge in [0.2, 0.25) is 0 Å². The summed E-state index contributed by atoms with van der Waals surface area (Å²) in [5, 5.41) is 26.9. The van der Waals surface area contributed by atoms with Crippen LogP contribution in [0.5, 0.6) is 5.75 Å². The Morgan fingerprint density at radius 1 is 0.949 bits per heavy atom. The van der Waals surface area contributed by atoms with E-state index in [1.54, 1.807) is 30.6 Å². The third-order valence-corrected chi connectivity index (χ3v) is 11.3. The van der Waals surface area contributed by atoms with Crippen LogP contribution in [0.3, 0.4) is 0 Å². The van der Waals surface area contributed by atoms with Crippen LogP contribution in [0.4, 0.5) is 0 Å². The van der Waals surface area contributed by atoms with Crippen molar-refractivity contribution in [2.24, 2.45) is 0 Å². The van der Waals surface area contributed by atoms with Crippen LogP contribution in [-0.4, -0.2) is 65.0 Å². The minimum atomic E-state index is -0.901. The first-order valence-corrected chi connectivity index (χ1v) is 15.0. The average Bonchev–Trinajstić information content (AvgIpc) is 3.06. The van der Waals surface area contributed by atoms with Crippen molar-refractivity contribution >= 4 is 23.5 Å². The number of ether oxygens (including phenoxy) is 2. The van der Waals surface area contributed by atoms with E-state index in [4.69, 9.17) is 9.47 Å². The zero-order valence-corrected chi connectivity index (χ0v) is 24.8. The maximum absolute atomic E-state index is 12.0. The lowest BCUT2D eigenvalue weighted by molar-refractivity contribution is -0.0850. The van der Waals surface area contributed by atoms with Crippen LogP contribution in [0.25, 0.3) is 0 Å². The van der Waals surface area contributed by atoms with Gasteiger partial charge in [0.25, 0.3) is 0 Å². The molecule has 3 aromatic carbocycles. The SMILES string of the molecule is CN[C@@]1(CCOCc2ccccc2)SC(c2ccc(OC)cc2)SC(Cc2ccccc2)(C(C)O)N(C)C1O. The molecule has 0 aliphatic carbocycles. The lowest BCUT2D eigenvalue weighted by atomic mass is 9.98. The molecule has 39 heavy (non-hydrogen) atoms. The molecule has 1 fully saturated rings. The van der Waals surface area contributed by atoms with Crippen molar-refractivity contribution in [1.29, 1.82) is 0 Å². The van der Waals surface area contributed by atoms with Crippen molar-refractivity contribution in [3.63, 3.8) is 0 Å². The Hall–Kier alpha value is -2.04. The monoisotopic (exact) mass is 568 g/mol. The van der Waals surface area contributed by atoms with E-state index >= 15 is 0 Å². The molecule has 1 aliphatic heterocycles. The van der Waals surface area contributed by atoms with Crippen LogP contribution in [0.1, 0.15) is 34.6 Å². The van der Waals surface area contributed by atoms with Crippen LogP contribution >= 0.6 is 23.5 Å². The first kappa shape index (κ1) is 29.9. The Bertz CT molecular complexity index is 1150. The van der Waals surface area contributed by atoms with E-state index in [1.807, 2.05) is 86.6 Å².